The summed E-state index contributed by atoms with van der Waals surface area (Å²) in [7, 11) is 0. The molecule has 11 rings (SSSR count). The van der Waals surface area contributed by atoms with E-state index >= 15 is 0 Å². The lowest BCUT2D eigenvalue weighted by Crippen LogP contribution is -2.30. The van der Waals surface area contributed by atoms with E-state index in [1.54, 1.807) is 0 Å². The van der Waals surface area contributed by atoms with Crippen molar-refractivity contribution in [3.63, 3.8) is 0 Å². The Hall–Kier alpha value is -7.17. The molecule has 266 valence electrons. The molecule has 0 atom stereocenters. The van der Waals surface area contributed by atoms with E-state index in [9.17, 15) is 4.79 Å². The smallest absolute Gasteiger partial charge is 0.193 e. The minimum atomic E-state index is -0.369. The Morgan fingerprint density at radius 3 is 1.82 bits per heavy atom. The SMILES string of the molecule is CC1(C)c2ccccc2C(=O)c2ccc(N3c4ccc(-c5ccccc5)cc4Oc4cc(-n5c6ccccc6c6cc(-c7ccccc7)ccc65)ccc43)cc21. The number of fused-ring (bicyclic) bond motifs is 7. The fraction of sp³-hybridized carbons (Fsp3) is 0.0577. The second-order valence-electron chi connectivity index (χ2n) is 15.3. The average molecular weight is 721 g/mol. The standard InChI is InChI=1S/C52H36N2O2/c1-52(2)43-19-11-9-18-40(43)51(55)41-25-23-37(31-44(41)52)54-47-27-22-36(34-15-7-4-8-16-34)30-49(47)56-50-32-38(24-28-48(50)54)53-45-20-12-10-17-39(45)42-29-35(21-26-46(42)53)33-13-5-3-6-14-33/h3-32H,1-2H3. The molecule has 0 bridgehead atoms. The van der Waals surface area contributed by atoms with Crippen molar-refractivity contribution in [2.45, 2.75) is 19.3 Å². The van der Waals surface area contributed by atoms with Crippen LogP contribution in [0.25, 0.3) is 49.7 Å². The van der Waals surface area contributed by atoms with Crippen LogP contribution in [0.5, 0.6) is 11.5 Å². The first-order valence-corrected chi connectivity index (χ1v) is 19.1. The highest BCUT2D eigenvalue weighted by molar-refractivity contribution is 6.14. The number of aromatic nitrogens is 1. The van der Waals surface area contributed by atoms with Crippen molar-refractivity contribution in [3.05, 3.63) is 204 Å². The van der Waals surface area contributed by atoms with E-state index in [1.165, 1.54) is 21.9 Å². The van der Waals surface area contributed by atoms with Crippen molar-refractivity contribution in [1.82, 2.24) is 4.57 Å². The number of hydrogen-bond acceptors (Lipinski definition) is 3. The Bertz CT molecular complexity index is 3050. The third-order valence-electron chi connectivity index (χ3n) is 11.8. The molecule has 2 aliphatic rings. The van der Waals surface area contributed by atoms with Crippen LogP contribution in [0.3, 0.4) is 0 Å². The Kier molecular flexibility index (Phi) is 7.02. The summed E-state index contributed by atoms with van der Waals surface area (Å²) in [5.41, 5.74) is 13.9. The number of ether oxygens (including phenoxy) is 1. The van der Waals surface area contributed by atoms with Crippen molar-refractivity contribution in [2.24, 2.45) is 0 Å². The molecule has 0 unspecified atom stereocenters. The second kappa shape index (κ2) is 12.2. The van der Waals surface area contributed by atoms with E-state index in [4.69, 9.17) is 4.74 Å². The van der Waals surface area contributed by atoms with Gasteiger partial charge >= 0.3 is 0 Å². The number of anilines is 3. The summed E-state index contributed by atoms with van der Waals surface area (Å²) in [6.45, 7) is 4.43. The third-order valence-corrected chi connectivity index (χ3v) is 11.8. The lowest BCUT2D eigenvalue weighted by molar-refractivity contribution is 0.103. The number of para-hydroxylation sites is 1. The maximum absolute atomic E-state index is 13.8. The van der Waals surface area contributed by atoms with Gasteiger partial charge in [0.2, 0.25) is 0 Å². The van der Waals surface area contributed by atoms with Crippen molar-refractivity contribution in [2.75, 3.05) is 4.90 Å². The second-order valence-corrected chi connectivity index (χ2v) is 15.3. The molecule has 56 heavy (non-hydrogen) atoms. The fourth-order valence-electron chi connectivity index (χ4n) is 8.99. The minimum Gasteiger partial charge on any atom is -0.453 e. The molecule has 0 N–H and O–H groups in total. The first-order chi connectivity index (χ1) is 27.4. The van der Waals surface area contributed by atoms with Gasteiger partial charge in [0, 0.05) is 39.1 Å². The molecular formula is C52H36N2O2. The lowest BCUT2D eigenvalue weighted by Gasteiger charge is -2.37. The number of carbonyl (C=O) groups is 1. The van der Waals surface area contributed by atoms with Crippen molar-refractivity contribution >= 4 is 44.7 Å². The van der Waals surface area contributed by atoms with Crippen LogP contribution in [0.2, 0.25) is 0 Å². The monoisotopic (exact) mass is 720 g/mol. The Balaban J connectivity index is 1.10. The number of carbonyl (C=O) groups excluding carboxylic acids is 1. The molecule has 1 aliphatic heterocycles. The van der Waals surface area contributed by atoms with Crippen molar-refractivity contribution in [3.8, 4) is 39.4 Å². The number of nitrogens with zero attached hydrogens (tertiary/aromatic N) is 2. The zero-order valence-electron chi connectivity index (χ0n) is 31.0. The highest BCUT2D eigenvalue weighted by Gasteiger charge is 2.38. The highest BCUT2D eigenvalue weighted by Crippen LogP contribution is 2.53. The molecule has 1 aromatic heterocycles. The molecule has 0 spiro atoms. The van der Waals surface area contributed by atoms with Gasteiger partial charge in [-0.05, 0) is 94.0 Å². The van der Waals surface area contributed by atoms with Crippen LogP contribution in [0, 0.1) is 0 Å². The summed E-state index contributed by atoms with van der Waals surface area (Å²) < 4.78 is 9.28. The maximum Gasteiger partial charge on any atom is 0.193 e. The van der Waals surface area contributed by atoms with E-state index in [1.807, 2.05) is 30.3 Å². The first-order valence-electron chi connectivity index (χ1n) is 19.1. The predicted octanol–water partition coefficient (Wildman–Crippen LogP) is 13.6. The van der Waals surface area contributed by atoms with Crippen molar-refractivity contribution in [1.29, 1.82) is 0 Å². The molecule has 0 saturated heterocycles. The topological polar surface area (TPSA) is 34.5 Å². The van der Waals surface area contributed by atoms with E-state index in [-0.39, 0.29) is 11.2 Å². The summed E-state index contributed by atoms with van der Waals surface area (Å²) in [5, 5.41) is 2.40. The molecule has 9 aromatic rings. The van der Waals surface area contributed by atoms with Gasteiger partial charge in [0.05, 0.1) is 28.1 Å². The van der Waals surface area contributed by atoms with Gasteiger partial charge in [-0.1, -0.05) is 129 Å². The normalized spacial score (nSPS) is 13.8. The molecule has 4 heteroatoms. The Morgan fingerprint density at radius 2 is 1.04 bits per heavy atom. The largest absolute Gasteiger partial charge is 0.453 e. The number of rotatable bonds is 4. The van der Waals surface area contributed by atoms with Crippen LogP contribution < -0.4 is 9.64 Å². The van der Waals surface area contributed by atoms with Crippen LogP contribution in [0.1, 0.15) is 40.9 Å². The van der Waals surface area contributed by atoms with E-state index in [2.05, 4.69) is 175 Å². The van der Waals surface area contributed by atoms with Crippen LogP contribution in [-0.2, 0) is 5.41 Å². The number of benzene rings is 8. The Morgan fingerprint density at radius 1 is 0.446 bits per heavy atom. The van der Waals surface area contributed by atoms with Gasteiger partial charge in [0.15, 0.2) is 17.3 Å². The highest BCUT2D eigenvalue weighted by atomic mass is 16.5. The summed E-state index contributed by atoms with van der Waals surface area (Å²) in [6.07, 6.45) is 0. The van der Waals surface area contributed by atoms with E-state index < -0.39 is 0 Å². The van der Waals surface area contributed by atoms with Gasteiger partial charge in [-0.25, -0.2) is 0 Å². The van der Waals surface area contributed by atoms with Gasteiger partial charge in [-0.3, -0.25) is 4.79 Å². The lowest BCUT2D eigenvalue weighted by atomic mass is 9.68. The minimum absolute atomic E-state index is 0.0727. The number of ketones is 1. The van der Waals surface area contributed by atoms with Crippen LogP contribution in [0.4, 0.5) is 17.1 Å². The molecule has 2 heterocycles. The summed E-state index contributed by atoms with van der Waals surface area (Å²) >= 11 is 0. The molecule has 0 amide bonds. The van der Waals surface area contributed by atoms with Gasteiger partial charge in [-0.2, -0.15) is 0 Å². The maximum atomic E-state index is 13.8. The van der Waals surface area contributed by atoms with E-state index in [0.29, 0.717) is 0 Å². The van der Waals surface area contributed by atoms with Crippen LogP contribution >= 0.6 is 0 Å². The van der Waals surface area contributed by atoms with Crippen LogP contribution in [-0.4, -0.2) is 10.4 Å². The van der Waals surface area contributed by atoms with Gasteiger partial charge in [0.25, 0.3) is 0 Å². The molecule has 0 radical (unpaired) electrons. The predicted molar refractivity (Wildman–Crippen MR) is 228 cm³/mol. The van der Waals surface area contributed by atoms with Gasteiger partial charge in [-0.15, -0.1) is 0 Å². The van der Waals surface area contributed by atoms with Crippen LogP contribution in [0.15, 0.2) is 182 Å². The Labute approximate surface area is 325 Å². The van der Waals surface area contributed by atoms with Gasteiger partial charge < -0.3 is 14.2 Å². The number of hydrogen-bond donors (Lipinski definition) is 0. The quantitative estimate of drug-likeness (QED) is 0.182. The first kappa shape index (κ1) is 32.3. The molecular weight excluding hydrogens is 685 g/mol. The third kappa shape index (κ3) is 4.82. The fourth-order valence-corrected chi connectivity index (χ4v) is 8.99. The zero-order chi connectivity index (χ0) is 37.5. The molecule has 0 fully saturated rings. The van der Waals surface area contributed by atoms with E-state index in [0.717, 1.165) is 78.7 Å². The van der Waals surface area contributed by atoms with Crippen molar-refractivity contribution < 1.29 is 9.53 Å². The molecule has 4 nitrogen and oxygen atoms in total. The van der Waals surface area contributed by atoms with Gasteiger partial charge in [0.1, 0.15) is 0 Å². The summed E-state index contributed by atoms with van der Waals surface area (Å²) in [5.74, 6) is 1.60. The zero-order valence-corrected chi connectivity index (χ0v) is 31.0. The summed E-state index contributed by atoms with van der Waals surface area (Å²) in [4.78, 5) is 16.1. The summed E-state index contributed by atoms with van der Waals surface area (Å²) in [6, 6.07) is 63.6. The average Bonchev–Trinajstić information content (AvgIpc) is 3.58. The molecule has 8 aromatic carbocycles. The molecule has 1 aliphatic carbocycles. The molecule has 0 saturated carbocycles.